The summed E-state index contributed by atoms with van der Waals surface area (Å²) in [7, 11) is 0. The van der Waals surface area contributed by atoms with E-state index in [1.165, 1.54) is 0 Å². The van der Waals surface area contributed by atoms with Crippen LogP contribution in [0.5, 0.6) is 0 Å². The standard InChI is InChI=1S/C16H18N2O3/c19-16(17-11-13-7-4-9-20-13)18-14-8-10-21-15(14)12-5-2-1-3-6-12/h1-7,9,14-15H,8,10-11H2,(H2,17,18,19)/t14-,15-/m1/s1. The molecular weight excluding hydrogens is 268 g/mol. The van der Waals surface area contributed by atoms with Crippen LogP contribution in [-0.2, 0) is 11.3 Å². The molecule has 1 fully saturated rings. The van der Waals surface area contributed by atoms with E-state index in [4.69, 9.17) is 9.15 Å². The lowest BCUT2D eigenvalue weighted by atomic mass is 10.0. The second kappa shape index (κ2) is 6.45. The maximum atomic E-state index is 12.0. The van der Waals surface area contributed by atoms with Crippen LogP contribution in [-0.4, -0.2) is 18.7 Å². The summed E-state index contributed by atoms with van der Waals surface area (Å²) in [5.41, 5.74) is 1.09. The van der Waals surface area contributed by atoms with Crippen LogP contribution in [0.2, 0.25) is 0 Å². The molecule has 1 aromatic carbocycles. The first-order valence-corrected chi connectivity index (χ1v) is 7.06. The molecule has 0 radical (unpaired) electrons. The van der Waals surface area contributed by atoms with E-state index in [0.717, 1.165) is 17.7 Å². The number of carbonyl (C=O) groups excluding carboxylic acids is 1. The summed E-state index contributed by atoms with van der Waals surface area (Å²) in [5.74, 6) is 0.729. The molecule has 0 bridgehead atoms. The van der Waals surface area contributed by atoms with Gasteiger partial charge in [0.1, 0.15) is 11.9 Å². The van der Waals surface area contributed by atoms with Crippen LogP contribution < -0.4 is 10.6 Å². The summed E-state index contributed by atoms with van der Waals surface area (Å²) < 4.78 is 10.9. The monoisotopic (exact) mass is 286 g/mol. The largest absolute Gasteiger partial charge is 0.467 e. The fourth-order valence-corrected chi connectivity index (χ4v) is 2.51. The average Bonchev–Trinajstić information content (AvgIpc) is 3.17. The minimum Gasteiger partial charge on any atom is -0.467 e. The third-order valence-electron chi connectivity index (χ3n) is 3.54. The number of nitrogens with one attached hydrogen (secondary N) is 2. The van der Waals surface area contributed by atoms with Crippen molar-refractivity contribution < 1.29 is 13.9 Å². The number of rotatable bonds is 4. The molecule has 2 N–H and O–H groups in total. The van der Waals surface area contributed by atoms with Crippen molar-refractivity contribution in [1.29, 1.82) is 0 Å². The van der Waals surface area contributed by atoms with Crippen molar-refractivity contribution in [3.63, 3.8) is 0 Å². The van der Waals surface area contributed by atoms with Crippen LogP contribution in [0.15, 0.2) is 53.1 Å². The zero-order valence-corrected chi connectivity index (χ0v) is 11.6. The van der Waals surface area contributed by atoms with Gasteiger partial charge in [-0.1, -0.05) is 30.3 Å². The van der Waals surface area contributed by atoms with Gasteiger partial charge in [-0.15, -0.1) is 0 Å². The van der Waals surface area contributed by atoms with Gasteiger partial charge in [0.2, 0.25) is 0 Å². The number of hydrogen-bond acceptors (Lipinski definition) is 3. The second-order valence-electron chi connectivity index (χ2n) is 5.00. The van der Waals surface area contributed by atoms with Gasteiger partial charge < -0.3 is 19.8 Å². The minimum absolute atomic E-state index is 0.0102. The van der Waals surface area contributed by atoms with Crippen molar-refractivity contribution in [3.05, 3.63) is 60.1 Å². The molecule has 21 heavy (non-hydrogen) atoms. The lowest BCUT2D eigenvalue weighted by Crippen LogP contribution is -2.43. The predicted octanol–water partition coefficient (Wildman–Crippen LogP) is 2.61. The molecule has 1 aliphatic rings. The van der Waals surface area contributed by atoms with E-state index in [9.17, 15) is 4.79 Å². The SMILES string of the molecule is O=C(NCc1ccco1)N[C@@H]1CCO[C@@H]1c1ccccc1. The Morgan fingerprint density at radius 2 is 2.05 bits per heavy atom. The third kappa shape index (κ3) is 3.44. The number of benzene rings is 1. The molecule has 5 heteroatoms. The Kier molecular flexibility index (Phi) is 4.21. The molecule has 0 aliphatic carbocycles. The van der Waals surface area contributed by atoms with Crippen LogP contribution in [0.25, 0.3) is 0 Å². The molecule has 2 amide bonds. The minimum atomic E-state index is -0.206. The van der Waals surface area contributed by atoms with Gasteiger partial charge in [-0.3, -0.25) is 0 Å². The summed E-state index contributed by atoms with van der Waals surface area (Å²) in [4.78, 5) is 12.0. The van der Waals surface area contributed by atoms with Crippen molar-refractivity contribution in [1.82, 2.24) is 10.6 Å². The van der Waals surface area contributed by atoms with Crippen molar-refractivity contribution >= 4 is 6.03 Å². The highest BCUT2D eigenvalue weighted by atomic mass is 16.5. The number of hydrogen-bond donors (Lipinski definition) is 2. The molecule has 2 heterocycles. The van der Waals surface area contributed by atoms with Crippen LogP contribution in [0.4, 0.5) is 4.79 Å². The maximum absolute atomic E-state index is 12.0. The fourth-order valence-electron chi connectivity index (χ4n) is 2.51. The lowest BCUT2D eigenvalue weighted by Gasteiger charge is -2.20. The Labute approximate surface area is 123 Å². The van der Waals surface area contributed by atoms with E-state index in [-0.39, 0.29) is 18.2 Å². The zero-order chi connectivity index (χ0) is 14.5. The number of amides is 2. The average molecular weight is 286 g/mol. The molecule has 3 rings (SSSR count). The number of ether oxygens (including phenoxy) is 1. The van der Waals surface area contributed by atoms with Crippen molar-refractivity contribution in [2.45, 2.75) is 25.1 Å². The predicted molar refractivity (Wildman–Crippen MR) is 77.6 cm³/mol. The Bertz CT molecular complexity index is 568. The molecule has 1 aliphatic heterocycles. The van der Waals surface area contributed by atoms with E-state index in [1.54, 1.807) is 12.3 Å². The smallest absolute Gasteiger partial charge is 0.315 e. The summed E-state index contributed by atoms with van der Waals surface area (Å²) in [5, 5.41) is 5.76. The number of furan rings is 1. The van der Waals surface area contributed by atoms with Crippen LogP contribution in [0, 0.1) is 0 Å². The summed E-state index contributed by atoms with van der Waals surface area (Å²) in [6, 6.07) is 13.4. The molecule has 110 valence electrons. The highest BCUT2D eigenvalue weighted by Crippen LogP contribution is 2.28. The van der Waals surface area contributed by atoms with Gasteiger partial charge in [-0.25, -0.2) is 4.79 Å². The van der Waals surface area contributed by atoms with Crippen molar-refractivity contribution in [2.75, 3.05) is 6.61 Å². The van der Waals surface area contributed by atoms with E-state index in [2.05, 4.69) is 10.6 Å². The molecule has 5 nitrogen and oxygen atoms in total. The van der Waals surface area contributed by atoms with Gasteiger partial charge in [0, 0.05) is 6.61 Å². The molecular formula is C16H18N2O3. The molecule has 2 atom stereocenters. The van der Waals surface area contributed by atoms with Gasteiger partial charge >= 0.3 is 6.03 Å². The van der Waals surface area contributed by atoms with Crippen molar-refractivity contribution in [2.24, 2.45) is 0 Å². The normalized spacial score (nSPS) is 21.1. The first-order chi connectivity index (χ1) is 10.3. The third-order valence-corrected chi connectivity index (χ3v) is 3.54. The highest BCUT2D eigenvalue weighted by molar-refractivity contribution is 5.74. The molecule has 0 saturated carbocycles. The quantitative estimate of drug-likeness (QED) is 0.908. The van der Waals surface area contributed by atoms with Crippen LogP contribution >= 0.6 is 0 Å². The fraction of sp³-hybridized carbons (Fsp3) is 0.312. The van der Waals surface area contributed by atoms with E-state index >= 15 is 0 Å². The highest BCUT2D eigenvalue weighted by Gasteiger charge is 2.30. The van der Waals surface area contributed by atoms with Crippen molar-refractivity contribution in [3.8, 4) is 0 Å². The second-order valence-corrected chi connectivity index (χ2v) is 5.00. The first kappa shape index (κ1) is 13.7. The molecule has 1 saturated heterocycles. The van der Waals surface area contributed by atoms with Gasteiger partial charge in [0.25, 0.3) is 0 Å². The topological polar surface area (TPSA) is 63.5 Å². The van der Waals surface area contributed by atoms with Crippen LogP contribution in [0.3, 0.4) is 0 Å². The Hall–Kier alpha value is -2.27. The van der Waals surface area contributed by atoms with Crippen LogP contribution in [0.1, 0.15) is 23.8 Å². The molecule has 1 aromatic heterocycles. The maximum Gasteiger partial charge on any atom is 0.315 e. The zero-order valence-electron chi connectivity index (χ0n) is 11.6. The van der Waals surface area contributed by atoms with Gasteiger partial charge in [-0.2, -0.15) is 0 Å². The van der Waals surface area contributed by atoms with E-state index in [0.29, 0.717) is 13.2 Å². The molecule has 2 aromatic rings. The molecule has 0 unspecified atom stereocenters. The number of urea groups is 1. The number of carbonyl (C=O) groups is 1. The molecule has 0 spiro atoms. The van der Waals surface area contributed by atoms with Gasteiger partial charge in [0.05, 0.1) is 18.8 Å². The van der Waals surface area contributed by atoms with Gasteiger partial charge in [0.15, 0.2) is 0 Å². The van der Waals surface area contributed by atoms with E-state index < -0.39 is 0 Å². The summed E-state index contributed by atoms with van der Waals surface area (Å²) in [6.45, 7) is 1.03. The summed E-state index contributed by atoms with van der Waals surface area (Å²) >= 11 is 0. The van der Waals surface area contributed by atoms with Gasteiger partial charge in [-0.05, 0) is 24.1 Å². The Morgan fingerprint density at radius 1 is 1.19 bits per heavy atom. The Morgan fingerprint density at radius 3 is 2.81 bits per heavy atom. The lowest BCUT2D eigenvalue weighted by molar-refractivity contribution is 0.0999. The van der Waals surface area contributed by atoms with E-state index in [1.807, 2.05) is 36.4 Å². The first-order valence-electron chi connectivity index (χ1n) is 7.06. The summed E-state index contributed by atoms with van der Waals surface area (Å²) in [6.07, 6.45) is 2.32. The Balaban J connectivity index is 1.55.